The molecule has 1 aromatic rings. The Bertz CT molecular complexity index is 326. The molecule has 0 bridgehead atoms. The average Bonchev–Trinajstić information content (AvgIpc) is 2.15. The Morgan fingerprint density at radius 3 is 2.33 bits per heavy atom. The van der Waals surface area contributed by atoms with Crippen molar-refractivity contribution >= 4 is 0 Å². The van der Waals surface area contributed by atoms with Crippen LogP contribution in [0.15, 0.2) is 30.3 Å². The Morgan fingerprint density at radius 1 is 1.13 bits per heavy atom. The molecule has 0 unspecified atom stereocenters. The molecule has 15 heavy (non-hydrogen) atoms. The molecular weight excluding hydrogens is 184 g/mol. The molecule has 0 amide bonds. The highest BCUT2D eigenvalue weighted by atomic mass is 15.1. The van der Waals surface area contributed by atoms with Gasteiger partial charge in [0.2, 0.25) is 0 Å². The van der Waals surface area contributed by atoms with Crippen LogP contribution in [0, 0.1) is 0 Å². The number of hydrogen-bond acceptors (Lipinski definition) is 2. The fourth-order valence-electron chi connectivity index (χ4n) is 2.59. The molecule has 1 heterocycles. The van der Waals surface area contributed by atoms with Gasteiger partial charge in [-0.05, 0) is 24.8 Å². The molecule has 2 aliphatic rings. The van der Waals surface area contributed by atoms with E-state index in [4.69, 9.17) is 0 Å². The predicted molar refractivity (Wildman–Crippen MR) is 61.8 cm³/mol. The van der Waals surface area contributed by atoms with Crippen LogP contribution in [0.4, 0.5) is 0 Å². The van der Waals surface area contributed by atoms with Crippen LogP contribution in [0.25, 0.3) is 0 Å². The molecule has 0 spiro atoms. The zero-order valence-electron chi connectivity index (χ0n) is 9.00. The van der Waals surface area contributed by atoms with Crippen LogP contribution in [-0.2, 0) is 5.54 Å². The van der Waals surface area contributed by atoms with Gasteiger partial charge in [-0.1, -0.05) is 30.3 Å². The lowest BCUT2D eigenvalue weighted by Gasteiger charge is -2.48. The van der Waals surface area contributed by atoms with Crippen LogP contribution < -0.4 is 10.6 Å². The second-order valence-corrected chi connectivity index (χ2v) is 4.80. The highest BCUT2D eigenvalue weighted by Crippen LogP contribution is 2.41. The normalized spacial score (nSPS) is 24.3. The van der Waals surface area contributed by atoms with Crippen molar-refractivity contribution in [3.63, 3.8) is 0 Å². The van der Waals surface area contributed by atoms with Gasteiger partial charge in [-0.25, -0.2) is 0 Å². The fourth-order valence-corrected chi connectivity index (χ4v) is 2.59. The SMILES string of the molecule is c1ccc(C2(NC3CNC3)CCC2)cc1. The molecular formula is C13H18N2. The molecule has 1 saturated carbocycles. The van der Waals surface area contributed by atoms with Gasteiger partial charge in [-0.2, -0.15) is 0 Å². The molecule has 1 aromatic carbocycles. The van der Waals surface area contributed by atoms with Crippen LogP contribution in [0.1, 0.15) is 24.8 Å². The Hall–Kier alpha value is -0.860. The quantitative estimate of drug-likeness (QED) is 0.778. The Kier molecular flexibility index (Phi) is 2.26. The van der Waals surface area contributed by atoms with Crippen LogP contribution in [0.3, 0.4) is 0 Å². The van der Waals surface area contributed by atoms with Gasteiger partial charge in [0.1, 0.15) is 0 Å². The summed E-state index contributed by atoms with van der Waals surface area (Å²) < 4.78 is 0. The summed E-state index contributed by atoms with van der Waals surface area (Å²) in [6.45, 7) is 2.27. The maximum absolute atomic E-state index is 3.82. The first-order chi connectivity index (χ1) is 7.39. The van der Waals surface area contributed by atoms with Crippen molar-refractivity contribution in [2.45, 2.75) is 30.8 Å². The monoisotopic (exact) mass is 202 g/mol. The first kappa shape index (κ1) is 9.37. The second-order valence-electron chi connectivity index (χ2n) is 4.80. The maximum Gasteiger partial charge on any atom is 0.0437 e. The average molecular weight is 202 g/mol. The standard InChI is InChI=1S/C13H18N2/c1-2-5-11(6-3-1)13(7-4-8-13)15-12-9-14-10-12/h1-3,5-6,12,14-15H,4,7-10H2. The molecule has 2 heteroatoms. The summed E-state index contributed by atoms with van der Waals surface area (Å²) in [4.78, 5) is 0. The van der Waals surface area contributed by atoms with E-state index in [1.54, 1.807) is 0 Å². The van der Waals surface area contributed by atoms with Gasteiger partial charge in [0.25, 0.3) is 0 Å². The van der Waals surface area contributed by atoms with Crippen molar-refractivity contribution in [2.24, 2.45) is 0 Å². The number of benzene rings is 1. The Balaban J connectivity index is 1.79. The minimum atomic E-state index is 0.300. The summed E-state index contributed by atoms with van der Waals surface area (Å²) in [5, 5.41) is 7.14. The first-order valence-electron chi connectivity index (χ1n) is 5.93. The topological polar surface area (TPSA) is 24.1 Å². The van der Waals surface area contributed by atoms with Crippen LogP contribution >= 0.6 is 0 Å². The predicted octanol–water partition coefficient (Wildman–Crippen LogP) is 1.63. The van der Waals surface area contributed by atoms with E-state index in [9.17, 15) is 0 Å². The molecule has 1 aliphatic heterocycles. The van der Waals surface area contributed by atoms with Gasteiger partial charge < -0.3 is 10.6 Å². The lowest BCUT2D eigenvalue weighted by Crippen LogP contribution is -2.63. The van der Waals surface area contributed by atoms with E-state index in [-0.39, 0.29) is 0 Å². The van der Waals surface area contributed by atoms with Gasteiger partial charge in [0, 0.05) is 24.7 Å². The van der Waals surface area contributed by atoms with Gasteiger partial charge in [0.15, 0.2) is 0 Å². The minimum absolute atomic E-state index is 0.300. The summed E-state index contributed by atoms with van der Waals surface area (Å²) in [6.07, 6.45) is 3.96. The van der Waals surface area contributed by atoms with Crippen LogP contribution in [-0.4, -0.2) is 19.1 Å². The third-order valence-corrected chi connectivity index (χ3v) is 3.80. The maximum atomic E-state index is 3.82. The molecule has 0 radical (unpaired) electrons. The van der Waals surface area contributed by atoms with E-state index in [1.807, 2.05) is 0 Å². The summed E-state index contributed by atoms with van der Waals surface area (Å²) in [5.74, 6) is 0. The van der Waals surface area contributed by atoms with E-state index in [1.165, 1.54) is 24.8 Å². The van der Waals surface area contributed by atoms with Crippen molar-refractivity contribution in [1.29, 1.82) is 0 Å². The zero-order chi connectivity index (χ0) is 10.1. The smallest absolute Gasteiger partial charge is 0.0437 e. The Morgan fingerprint density at radius 2 is 1.87 bits per heavy atom. The van der Waals surface area contributed by atoms with E-state index >= 15 is 0 Å². The van der Waals surface area contributed by atoms with Gasteiger partial charge in [-0.15, -0.1) is 0 Å². The molecule has 3 rings (SSSR count). The van der Waals surface area contributed by atoms with Crippen LogP contribution in [0.2, 0.25) is 0 Å². The fraction of sp³-hybridized carbons (Fsp3) is 0.538. The Labute approximate surface area is 91.1 Å². The van der Waals surface area contributed by atoms with E-state index in [0.717, 1.165) is 13.1 Å². The van der Waals surface area contributed by atoms with E-state index in [2.05, 4.69) is 41.0 Å². The first-order valence-corrected chi connectivity index (χ1v) is 5.93. The number of rotatable bonds is 3. The zero-order valence-corrected chi connectivity index (χ0v) is 9.00. The van der Waals surface area contributed by atoms with Gasteiger partial charge >= 0.3 is 0 Å². The lowest BCUT2D eigenvalue weighted by molar-refractivity contribution is 0.143. The molecule has 0 aromatic heterocycles. The summed E-state index contributed by atoms with van der Waals surface area (Å²) in [6, 6.07) is 11.6. The third-order valence-electron chi connectivity index (χ3n) is 3.80. The molecule has 0 atom stereocenters. The molecule has 2 N–H and O–H groups in total. The summed E-state index contributed by atoms with van der Waals surface area (Å²) >= 11 is 0. The molecule has 1 saturated heterocycles. The highest BCUT2D eigenvalue weighted by molar-refractivity contribution is 5.27. The van der Waals surface area contributed by atoms with Crippen LogP contribution in [0.5, 0.6) is 0 Å². The van der Waals surface area contributed by atoms with Crippen molar-refractivity contribution in [3.8, 4) is 0 Å². The van der Waals surface area contributed by atoms with Crippen molar-refractivity contribution in [3.05, 3.63) is 35.9 Å². The van der Waals surface area contributed by atoms with Crippen molar-refractivity contribution in [2.75, 3.05) is 13.1 Å². The lowest BCUT2D eigenvalue weighted by atomic mass is 9.71. The van der Waals surface area contributed by atoms with E-state index < -0.39 is 0 Å². The summed E-state index contributed by atoms with van der Waals surface area (Å²) in [7, 11) is 0. The van der Waals surface area contributed by atoms with E-state index in [0.29, 0.717) is 11.6 Å². The second kappa shape index (κ2) is 3.62. The van der Waals surface area contributed by atoms with Gasteiger partial charge in [0.05, 0.1) is 0 Å². The molecule has 2 nitrogen and oxygen atoms in total. The largest absolute Gasteiger partial charge is 0.314 e. The number of nitrogens with one attached hydrogen (secondary N) is 2. The highest BCUT2D eigenvalue weighted by Gasteiger charge is 2.40. The molecule has 1 aliphatic carbocycles. The van der Waals surface area contributed by atoms with Gasteiger partial charge in [-0.3, -0.25) is 0 Å². The third kappa shape index (κ3) is 1.58. The molecule has 2 fully saturated rings. The minimum Gasteiger partial charge on any atom is -0.314 e. The molecule has 80 valence electrons. The van der Waals surface area contributed by atoms with Crippen molar-refractivity contribution in [1.82, 2.24) is 10.6 Å². The van der Waals surface area contributed by atoms with Crippen molar-refractivity contribution < 1.29 is 0 Å². The number of hydrogen-bond donors (Lipinski definition) is 2. The summed E-state index contributed by atoms with van der Waals surface area (Å²) in [5.41, 5.74) is 1.77.